The summed E-state index contributed by atoms with van der Waals surface area (Å²) in [5, 5.41) is 21.8. The largest absolute Gasteiger partial charge is 0.396 e. The molecular weight excluding hydrogens is 512 g/mol. The third-order valence-electron chi connectivity index (χ3n) is 6.77. The third kappa shape index (κ3) is 12.0. The van der Waals surface area contributed by atoms with Crippen molar-refractivity contribution >= 4 is 23.8 Å². The Morgan fingerprint density at radius 2 is 1.55 bits per heavy atom. The number of benzene rings is 1. The third-order valence-corrected chi connectivity index (χ3v) is 6.77. The van der Waals surface area contributed by atoms with E-state index in [4.69, 9.17) is 20.3 Å². The van der Waals surface area contributed by atoms with Crippen molar-refractivity contribution in [1.82, 2.24) is 20.3 Å². The molecule has 1 saturated carbocycles. The molecule has 0 saturated heterocycles. The molecule has 40 heavy (non-hydrogen) atoms. The fourth-order valence-corrected chi connectivity index (χ4v) is 4.36. The van der Waals surface area contributed by atoms with Gasteiger partial charge in [-0.15, -0.1) is 0 Å². The number of rotatable bonds is 19. The van der Waals surface area contributed by atoms with Crippen molar-refractivity contribution < 1.29 is 19.4 Å². The molecule has 0 aliphatic heterocycles. The summed E-state index contributed by atoms with van der Waals surface area (Å²) in [6.07, 6.45) is 5.59. The Morgan fingerprint density at radius 3 is 2.23 bits per heavy atom. The number of nitrogens with two attached hydrogens (primary N) is 1. The molecular formula is C28H46N8O4. The predicted octanol–water partition coefficient (Wildman–Crippen LogP) is 2.24. The number of ether oxygens (including phenoxy) is 2. The van der Waals surface area contributed by atoms with Crippen molar-refractivity contribution in [3.8, 4) is 0 Å². The van der Waals surface area contributed by atoms with E-state index in [1.165, 1.54) is 25.7 Å². The number of carbonyl (C=O) groups excluding carboxylic acids is 1. The van der Waals surface area contributed by atoms with Gasteiger partial charge in [-0.3, -0.25) is 4.79 Å². The lowest BCUT2D eigenvalue weighted by atomic mass is 9.83. The minimum atomic E-state index is -0.151. The predicted molar refractivity (Wildman–Crippen MR) is 156 cm³/mol. The maximum absolute atomic E-state index is 12.4. The van der Waals surface area contributed by atoms with Gasteiger partial charge in [0.2, 0.25) is 17.8 Å². The smallest absolute Gasteiger partial charge is 0.251 e. The van der Waals surface area contributed by atoms with Crippen LogP contribution >= 0.6 is 0 Å². The van der Waals surface area contributed by atoms with Crippen LogP contribution in [0.1, 0.15) is 54.9 Å². The second-order valence-electron chi connectivity index (χ2n) is 10.1. The first-order chi connectivity index (χ1) is 19.6. The van der Waals surface area contributed by atoms with Crippen LogP contribution in [0, 0.1) is 11.8 Å². The monoisotopic (exact) mass is 558 g/mol. The fraction of sp³-hybridized carbons (Fsp3) is 0.643. The van der Waals surface area contributed by atoms with Crippen LogP contribution < -0.4 is 27.0 Å². The quantitative estimate of drug-likeness (QED) is 0.140. The number of hydrogen-bond donors (Lipinski definition) is 6. The average Bonchev–Trinajstić information content (AvgIpc) is 2.97. The van der Waals surface area contributed by atoms with Crippen molar-refractivity contribution in [2.45, 2.75) is 45.6 Å². The Kier molecular flexibility index (Phi) is 14.4. The van der Waals surface area contributed by atoms with Crippen LogP contribution in [0.3, 0.4) is 0 Å². The SMILES string of the molecule is CC1CCC(CNc2nc(NCCCO)nc(NCc3ccc(C(=O)NCCOCCOCCN)cc3)n2)CC1. The molecule has 1 heterocycles. The van der Waals surface area contributed by atoms with Gasteiger partial charge < -0.3 is 41.6 Å². The lowest BCUT2D eigenvalue weighted by molar-refractivity contribution is 0.0511. The zero-order chi connectivity index (χ0) is 28.4. The number of hydrogen-bond acceptors (Lipinski definition) is 11. The van der Waals surface area contributed by atoms with Gasteiger partial charge in [0.05, 0.1) is 26.4 Å². The van der Waals surface area contributed by atoms with Gasteiger partial charge >= 0.3 is 0 Å². The van der Waals surface area contributed by atoms with Gasteiger partial charge in [-0.25, -0.2) is 0 Å². The molecule has 7 N–H and O–H groups in total. The van der Waals surface area contributed by atoms with E-state index >= 15 is 0 Å². The average molecular weight is 559 g/mol. The van der Waals surface area contributed by atoms with Gasteiger partial charge in [0.15, 0.2) is 0 Å². The second-order valence-corrected chi connectivity index (χ2v) is 10.1. The molecule has 0 radical (unpaired) electrons. The minimum absolute atomic E-state index is 0.0985. The number of aliphatic hydroxyl groups excluding tert-OH is 1. The number of nitrogens with one attached hydrogen (secondary N) is 4. The van der Waals surface area contributed by atoms with E-state index < -0.39 is 0 Å². The molecule has 0 spiro atoms. The van der Waals surface area contributed by atoms with E-state index in [-0.39, 0.29) is 12.5 Å². The Balaban J connectivity index is 1.47. The van der Waals surface area contributed by atoms with Crippen molar-refractivity contribution in [3.63, 3.8) is 0 Å². The summed E-state index contributed by atoms with van der Waals surface area (Å²) in [5.41, 5.74) is 6.92. The van der Waals surface area contributed by atoms with E-state index in [0.29, 0.717) is 88.4 Å². The maximum atomic E-state index is 12.4. The lowest BCUT2D eigenvalue weighted by Gasteiger charge is -2.26. The number of aliphatic hydroxyl groups is 1. The highest BCUT2D eigenvalue weighted by Crippen LogP contribution is 2.28. The first kappa shape index (κ1) is 31.5. The Bertz CT molecular complexity index is 987. The number of carbonyl (C=O) groups is 1. The molecule has 12 nitrogen and oxygen atoms in total. The van der Waals surface area contributed by atoms with Gasteiger partial charge in [0, 0.05) is 44.9 Å². The van der Waals surface area contributed by atoms with Crippen LogP contribution in [-0.2, 0) is 16.0 Å². The Hall–Kier alpha value is -3.06. The number of nitrogens with zero attached hydrogens (tertiary/aromatic N) is 3. The summed E-state index contributed by atoms with van der Waals surface area (Å²) in [7, 11) is 0. The van der Waals surface area contributed by atoms with E-state index in [1.807, 2.05) is 12.1 Å². The molecule has 0 atom stereocenters. The van der Waals surface area contributed by atoms with Crippen LogP contribution in [0.15, 0.2) is 24.3 Å². The minimum Gasteiger partial charge on any atom is -0.396 e. The summed E-state index contributed by atoms with van der Waals surface area (Å²) < 4.78 is 10.7. The normalized spacial score (nSPS) is 16.9. The van der Waals surface area contributed by atoms with Crippen LogP contribution in [0.4, 0.5) is 17.8 Å². The topological polar surface area (TPSA) is 169 Å². The number of aromatic nitrogens is 3. The molecule has 1 aliphatic carbocycles. The van der Waals surface area contributed by atoms with Crippen molar-refractivity contribution in [3.05, 3.63) is 35.4 Å². The highest BCUT2D eigenvalue weighted by Gasteiger charge is 2.18. The van der Waals surface area contributed by atoms with Crippen molar-refractivity contribution in [1.29, 1.82) is 0 Å². The van der Waals surface area contributed by atoms with Crippen molar-refractivity contribution in [2.75, 3.05) is 75.2 Å². The van der Waals surface area contributed by atoms with Gasteiger partial charge in [-0.05, 0) is 48.8 Å². The second kappa shape index (κ2) is 18.3. The lowest BCUT2D eigenvalue weighted by Crippen LogP contribution is -2.27. The zero-order valence-electron chi connectivity index (χ0n) is 23.7. The Labute approximate surface area is 237 Å². The number of anilines is 3. The molecule has 0 unspecified atom stereocenters. The number of amides is 1. The van der Waals surface area contributed by atoms with Gasteiger partial charge in [0.1, 0.15) is 0 Å². The Morgan fingerprint density at radius 1 is 0.900 bits per heavy atom. The summed E-state index contributed by atoms with van der Waals surface area (Å²) >= 11 is 0. The molecule has 3 rings (SSSR count). The molecule has 1 aromatic heterocycles. The summed E-state index contributed by atoms with van der Waals surface area (Å²) in [5.74, 6) is 2.73. The molecule has 1 fully saturated rings. The first-order valence-corrected chi connectivity index (χ1v) is 14.4. The first-order valence-electron chi connectivity index (χ1n) is 14.4. The molecule has 0 bridgehead atoms. The molecule has 12 heteroatoms. The molecule has 2 aromatic rings. The fourth-order valence-electron chi connectivity index (χ4n) is 4.36. The van der Waals surface area contributed by atoms with Gasteiger partial charge in [-0.1, -0.05) is 31.9 Å². The van der Waals surface area contributed by atoms with Crippen molar-refractivity contribution in [2.24, 2.45) is 17.6 Å². The van der Waals surface area contributed by atoms with E-state index in [2.05, 4.69) is 43.1 Å². The van der Waals surface area contributed by atoms with Gasteiger partial charge in [-0.2, -0.15) is 15.0 Å². The molecule has 1 aromatic carbocycles. The summed E-state index contributed by atoms with van der Waals surface area (Å²) in [4.78, 5) is 26.0. The van der Waals surface area contributed by atoms with Crippen LogP contribution in [-0.4, -0.2) is 85.2 Å². The highest BCUT2D eigenvalue weighted by molar-refractivity contribution is 5.94. The van der Waals surface area contributed by atoms with Crippen LogP contribution in [0.25, 0.3) is 0 Å². The molecule has 222 valence electrons. The standard InChI is InChI=1S/C28H46N8O4/c1-21-3-5-22(6-4-21)19-32-27-34-26(31-12-2-14-37)35-28(36-27)33-20-23-7-9-24(10-8-23)25(38)30-13-16-40-18-17-39-15-11-29/h7-10,21-22,37H,2-6,11-20,29H2,1H3,(H,30,38)(H3,31,32,33,34,35,36). The van der Waals surface area contributed by atoms with Gasteiger partial charge in [0.25, 0.3) is 5.91 Å². The zero-order valence-corrected chi connectivity index (χ0v) is 23.7. The van der Waals surface area contributed by atoms with E-state index in [9.17, 15) is 4.79 Å². The maximum Gasteiger partial charge on any atom is 0.251 e. The van der Waals surface area contributed by atoms with E-state index in [1.54, 1.807) is 12.1 Å². The molecule has 1 amide bonds. The molecule has 1 aliphatic rings. The van der Waals surface area contributed by atoms with E-state index in [0.717, 1.165) is 18.0 Å². The van der Waals surface area contributed by atoms with Crippen LogP contribution in [0.2, 0.25) is 0 Å². The summed E-state index contributed by atoms with van der Waals surface area (Å²) in [6.45, 7) is 7.12. The summed E-state index contributed by atoms with van der Waals surface area (Å²) in [6, 6.07) is 7.39. The highest BCUT2D eigenvalue weighted by atomic mass is 16.5. The van der Waals surface area contributed by atoms with Crippen LogP contribution in [0.5, 0.6) is 0 Å².